The number of nitrogen functional groups attached to an aromatic ring is 1. The molecule has 3 N–H and O–H groups in total. The monoisotopic (exact) mass is 300 g/mol. The topological polar surface area (TPSA) is 106 Å². The first-order chi connectivity index (χ1) is 9.47. The third-order valence-corrected chi connectivity index (χ3v) is 2.90. The molecule has 1 aromatic heterocycles. The van der Waals surface area contributed by atoms with Crippen molar-refractivity contribution in [2.45, 2.75) is 25.9 Å². The smallest absolute Gasteiger partial charge is 0.245 e. The van der Waals surface area contributed by atoms with Crippen LogP contribution in [-0.2, 0) is 9.53 Å². The van der Waals surface area contributed by atoms with Crippen molar-refractivity contribution >= 4 is 29.4 Å². The summed E-state index contributed by atoms with van der Waals surface area (Å²) < 4.78 is 5.36. The van der Waals surface area contributed by atoms with E-state index in [0.717, 1.165) is 0 Å². The Morgan fingerprint density at radius 3 is 2.90 bits per heavy atom. The number of aromatic nitrogens is 3. The molecule has 1 aliphatic heterocycles. The predicted octanol–water partition coefficient (Wildman–Crippen LogP) is -0.163. The summed E-state index contributed by atoms with van der Waals surface area (Å²) in [4.78, 5) is 25.7. The SMILES string of the molecule is CC(C)NC(=O)C1COCCN1c1nc(N)nc(Cl)n1. The van der Waals surface area contributed by atoms with E-state index in [1.807, 2.05) is 13.8 Å². The number of amides is 1. The van der Waals surface area contributed by atoms with E-state index in [2.05, 4.69) is 20.3 Å². The second-order valence-corrected chi connectivity index (χ2v) is 5.05. The van der Waals surface area contributed by atoms with Gasteiger partial charge in [-0.15, -0.1) is 0 Å². The summed E-state index contributed by atoms with van der Waals surface area (Å²) in [5, 5.41) is 2.85. The number of hydrogen-bond acceptors (Lipinski definition) is 7. The Balaban J connectivity index is 2.24. The highest BCUT2D eigenvalue weighted by molar-refractivity contribution is 6.28. The first-order valence-corrected chi connectivity index (χ1v) is 6.67. The van der Waals surface area contributed by atoms with Gasteiger partial charge in [0.05, 0.1) is 13.2 Å². The summed E-state index contributed by atoms with van der Waals surface area (Å²) in [7, 11) is 0. The van der Waals surface area contributed by atoms with Gasteiger partial charge in [0.25, 0.3) is 0 Å². The maximum Gasteiger partial charge on any atom is 0.245 e. The summed E-state index contributed by atoms with van der Waals surface area (Å²) in [5.41, 5.74) is 5.56. The lowest BCUT2D eigenvalue weighted by molar-refractivity contribution is -0.125. The molecular weight excluding hydrogens is 284 g/mol. The minimum Gasteiger partial charge on any atom is -0.377 e. The Labute approximate surface area is 121 Å². The highest BCUT2D eigenvalue weighted by Crippen LogP contribution is 2.18. The van der Waals surface area contributed by atoms with Crippen LogP contribution in [0.4, 0.5) is 11.9 Å². The maximum absolute atomic E-state index is 12.2. The van der Waals surface area contributed by atoms with Crippen LogP contribution in [0.5, 0.6) is 0 Å². The molecule has 0 aliphatic carbocycles. The van der Waals surface area contributed by atoms with Gasteiger partial charge in [0, 0.05) is 12.6 Å². The number of rotatable bonds is 3. The van der Waals surface area contributed by atoms with Crippen LogP contribution >= 0.6 is 11.6 Å². The van der Waals surface area contributed by atoms with Gasteiger partial charge in [-0.1, -0.05) is 0 Å². The highest BCUT2D eigenvalue weighted by atomic mass is 35.5. The first kappa shape index (κ1) is 14.7. The molecule has 20 heavy (non-hydrogen) atoms. The molecule has 1 amide bonds. The fraction of sp³-hybridized carbons (Fsp3) is 0.636. The third-order valence-electron chi connectivity index (χ3n) is 2.73. The molecule has 0 bridgehead atoms. The summed E-state index contributed by atoms with van der Waals surface area (Å²) in [6, 6.07) is -0.470. The summed E-state index contributed by atoms with van der Waals surface area (Å²) >= 11 is 5.78. The molecule has 9 heteroatoms. The highest BCUT2D eigenvalue weighted by Gasteiger charge is 2.32. The number of anilines is 2. The zero-order chi connectivity index (χ0) is 14.7. The quantitative estimate of drug-likeness (QED) is 0.798. The van der Waals surface area contributed by atoms with Gasteiger partial charge < -0.3 is 20.7 Å². The minimum atomic E-state index is -0.510. The van der Waals surface area contributed by atoms with Crippen molar-refractivity contribution in [1.29, 1.82) is 0 Å². The third kappa shape index (κ3) is 3.45. The lowest BCUT2D eigenvalue weighted by Gasteiger charge is -2.34. The van der Waals surface area contributed by atoms with Crippen LogP contribution < -0.4 is 16.0 Å². The van der Waals surface area contributed by atoms with E-state index in [1.165, 1.54) is 0 Å². The molecule has 8 nitrogen and oxygen atoms in total. The summed E-state index contributed by atoms with van der Waals surface area (Å²) in [6.07, 6.45) is 0. The number of morpholine rings is 1. The molecule has 1 aliphatic rings. The van der Waals surface area contributed by atoms with Crippen molar-refractivity contribution in [2.24, 2.45) is 0 Å². The van der Waals surface area contributed by atoms with E-state index in [1.54, 1.807) is 4.90 Å². The van der Waals surface area contributed by atoms with E-state index >= 15 is 0 Å². The summed E-state index contributed by atoms with van der Waals surface area (Å²) in [5.74, 6) is 0.166. The largest absolute Gasteiger partial charge is 0.377 e. The van der Waals surface area contributed by atoms with Gasteiger partial charge in [-0.2, -0.15) is 15.0 Å². The normalized spacial score (nSPS) is 19.2. The van der Waals surface area contributed by atoms with E-state index in [9.17, 15) is 4.79 Å². The average molecular weight is 301 g/mol. The average Bonchev–Trinajstić information content (AvgIpc) is 2.36. The van der Waals surface area contributed by atoms with Gasteiger partial charge in [-0.3, -0.25) is 4.79 Å². The standard InChI is InChI=1S/C11H17ClN6O2/c1-6(2)14-8(19)7-5-20-4-3-18(7)11-16-9(12)15-10(13)17-11/h6-7H,3-5H2,1-2H3,(H,14,19)(H2,13,15,16,17). The van der Waals surface area contributed by atoms with Crippen LogP contribution in [0.1, 0.15) is 13.8 Å². The van der Waals surface area contributed by atoms with E-state index in [0.29, 0.717) is 13.2 Å². The number of nitrogens with one attached hydrogen (secondary N) is 1. The van der Waals surface area contributed by atoms with Crippen molar-refractivity contribution in [3.05, 3.63) is 5.28 Å². The molecule has 0 aromatic carbocycles. The van der Waals surface area contributed by atoms with Gasteiger partial charge in [-0.25, -0.2) is 0 Å². The molecule has 2 rings (SSSR count). The second-order valence-electron chi connectivity index (χ2n) is 4.71. The van der Waals surface area contributed by atoms with Crippen LogP contribution in [0.3, 0.4) is 0 Å². The Morgan fingerprint density at radius 1 is 1.50 bits per heavy atom. The molecule has 2 heterocycles. The van der Waals surface area contributed by atoms with Crippen LogP contribution in [-0.4, -0.2) is 52.7 Å². The molecule has 1 fully saturated rings. The molecular formula is C11H17ClN6O2. The van der Waals surface area contributed by atoms with E-state index in [4.69, 9.17) is 22.1 Å². The Hall–Kier alpha value is -1.67. The van der Waals surface area contributed by atoms with Crippen LogP contribution in [0, 0.1) is 0 Å². The zero-order valence-electron chi connectivity index (χ0n) is 11.3. The number of nitrogens with zero attached hydrogens (tertiary/aromatic N) is 4. The van der Waals surface area contributed by atoms with Crippen molar-refractivity contribution in [3.63, 3.8) is 0 Å². The van der Waals surface area contributed by atoms with Gasteiger partial charge >= 0.3 is 0 Å². The molecule has 0 radical (unpaired) electrons. The fourth-order valence-corrected chi connectivity index (χ4v) is 2.09. The number of carbonyl (C=O) groups excluding carboxylic acids is 1. The Bertz CT molecular complexity index is 478. The molecule has 1 atom stereocenters. The van der Waals surface area contributed by atoms with Crippen LogP contribution in [0.2, 0.25) is 5.28 Å². The fourth-order valence-electron chi connectivity index (χ4n) is 1.92. The number of nitrogens with two attached hydrogens (primary N) is 1. The van der Waals surface area contributed by atoms with Crippen molar-refractivity contribution in [2.75, 3.05) is 30.4 Å². The molecule has 1 saturated heterocycles. The van der Waals surface area contributed by atoms with Gasteiger partial charge in [-0.05, 0) is 25.4 Å². The minimum absolute atomic E-state index is 0.00186. The van der Waals surface area contributed by atoms with Crippen molar-refractivity contribution in [3.8, 4) is 0 Å². The number of carbonyl (C=O) groups is 1. The van der Waals surface area contributed by atoms with Gasteiger partial charge in [0.2, 0.25) is 23.1 Å². The van der Waals surface area contributed by atoms with Gasteiger partial charge in [0.15, 0.2) is 0 Å². The second kappa shape index (κ2) is 6.19. The lowest BCUT2D eigenvalue weighted by atomic mass is 10.2. The number of hydrogen-bond donors (Lipinski definition) is 2. The van der Waals surface area contributed by atoms with Crippen molar-refractivity contribution < 1.29 is 9.53 Å². The van der Waals surface area contributed by atoms with Gasteiger partial charge in [0.1, 0.15) is 6.04 Å². The van der Waals surface area contributed by atoms with Crippen LogP contribution in [0.25, 0.3) is 0 Å². The molecule has 0 spiro atoms. The Kier molecular flexibility index (Phi) is 4.56. The predicted molar refractivity (Wildman–Crippen MR) is 74.5 cm³/mol. The number of halogens is 1. The molecule has 1 unspecified atom stereocenters. The maximum atomic E-state index is 12.2. The first-order valence-electron chi connectivity index (χ1n) is 6.29. The van der Waals surface area contributed by atoms with E-state index in [-0.39, 0.29) is 35.7 Å². The van der Waals surface area contributed by atoms with E-state index < -0.39 is 6.04 Å². The van der Waals surface area contributed by atoms with Crippen molar-refractivity contribution in [1.82, 2.24) is 20.3 Å². The summed E-state index contributed by atoms with van der Waals surface area (Å²) in [6.45, 7) is 5.01. The Morgan fingerprint density at radius 2 is 2.25 bits per heavy atom. The zero-order valence-corrected chi connectivity index (χ0v) is 12.1. The molecule has 0 saturated carbocycles. The van der Waals surface area contributed by atoms with Crippen LogP contribution in [0.15, 0.2) is 0 Å². The molecule has 1 aromatic rings. The molecule has 110 valence electrons. The lowest BCUT2D eigenvalue weighted by Crippen LogP contribution is -2.55. The number of ether oxygens (including phenoxy) is 1.